The van der Waals surface area contributed by atoms with Crippen molar-refractivity contribution in [2.24, 2.45) is 23.7 Å². The number of amides is 1. The van der Waals surface area contributed by atoms with E-state index in [0.29, 0.717) is 30.8 Å². The standard InChI is InChI=1S/C17H31NO3/c1-11(2)8-12(3)21-7-6-16(20)18-17-14-5-4-13(9-14)15(17)10-19/h11-15,17,19H,4-10H2,1-3H3,(H,18,20). The fourth-order valence-corrected chi connectivity index (χ4v) is 4.24. The first-order chi connectivity index (χ1) is 10.0. The average Bonchev–Trinajstić information content (AvgIpc) is 2.98. The van der Waals surface area contributed by atoms with Crippen molar-refractivity contribution in [2.75, 3.05) is 13.2 Å². The summed E-state index contributed by atoms with van der Waals surface area (Å²) >= 11 is 0. The molecule has 2 rings (SSSR count). The molecule has 0 spiro atoms. The lowest BCUT2D eigenvalue weighted by atomic mass is 9.85. The highest BCUT2D eigenvalue weighted by Crippen LogP contribution is 2.48. The number of rotatable bonds is 8. The molecule has 2 bridgehead atoms. The number of hydrogen-bond acceptors (Lipinski definition) is 3. The monoisotopic (exact) mass is 297 g/mol. The fourth-order valence-electron chi connectivity index (χ4n) is 4.24. The summed E-state index contributed by atoms with van der Waals surface area (Å²) in [4.78, 5) is 12.1. The molecule has 2 fully saturated rings. The number of carbonyl (C=O) groups excluding carboxylic acids is 1. The maximum atomic E-state index is 12.1. The van der Waals surface area contributed by atoms with Crippen LogP contribution in [0.2, 0.25) is 0 Å². The second-order valence-electron chi connectivity index (χ2n) is 7.33. The minimum absolute atomic E-state index is 0.0720. The molecule has 0 aromatic carbocycles. The Balaban J connectivity index is 1.68. The number of carbonyl (C=O) groups is 1. The summed E-state index contributed by atoms with van der Waals surface area (Å²) in [6.07, 6.45) is 5.27. The average molecular weight is 297 g/mol. The van der Waals surface area contributed by atoms with Gasteiger partial charge >= 0.3 is 0 Å². The van der Waals surface area contributed by atoms with Crippen LogP contribution >= 0.6 is 0 Å². The normalized spacial score (nSPS) is 32.6. The van der Waals surface area contributed by atoms with Gasteiger partial charge in [0, 0.05) is 25.0 Å². The Labute approximate surface area is 128 Å². The second kappa shape index (κ2) is 7.59. The lowest BCUT2D eigenvalue weighted by Crippen LogP contribution is -2.45. The van der Waals surface area contributed by atoms with Crippen LogP contribution in [0, 0.1) is 23.7 Å². The van der Waals surface area contributed by atoms with Gasteiger partial charge in [-0.05, 0) is 50.4 Å². The molecule has 2 saturated carbocycles. The van der Waals surface area contributed by atoms with Gasteiger partial charge in [-0.2, -0.15) is 0 Å². The summed E-state index contributed by atoms with van der Waals surface area (Å²) in [7, 11) is 0. The minimum Gasteiger partial charge on any atom is -0.396 e. The van der Waals surface area contributed by atoms with E-state index >= 15 is 0 Å². The zero-order chi connectivity index (χ0) is 15.4. The van der Waals surface area contributed by atoms with E-state index in [1.807, 2.05) is 0 Å². The van der Waals surface area contributed by atoms with E-state index in [2.05, 4.69) is 26.1 Å². The number of ether oxygens (including phenoxy) is 1. The maximum Gasteiger partial charge on any atom is 0.222 e. The maximum absolute atomic E-state index is 12.1. The molecule has 0 aromatic rings. The van der Waals surface area contributed by atoms with Gasteiger partial charge in [0.05, 0.1) is 12.7 Å². The highest BCUT2D eigenvalue weighted by molar-refractivity contribution is 5.76. The molecule has 2 aliphatic carbocycles. The van der Waals surface area contributed by atoms with Gasteiger partial charge in [0.25, 0.3) is 0 Å². The van der Waals surface area contributed by atoms with Gasteiger partial charge in [-0.15, -0.1) is 0 Å². The van der Waals surface area contributed by atoms with E-state index in [9.17, 15) is 9.90 Å². The van der Waals surface area contributed by atoms with Crippen molar-refractivity contribution >= 4 is 5.91 Å². The van der Waals surface area contributed by atoms with Gasteiger partial charge in [0.1, 0.15) is 0 Å². The molecular formula is C17H31NO3. The van der Waals surface area contributed by atoms with Gasteiger partial charge in [-0.25, -0.2) is 0 Å². The van der Waals surface area contributed by atoms with Gasteiger partial charge in [-0.3, -0.25) is 4.79 Å². The predicted octanol–water partition coefficient (Wildman–Crippen LogP) is 2.35. The van der Waals surface area contributed by atoms with Crippen LogP contribution < -0.4 is 5.32 Å². The summed E-state index contributed by atoms with van der Waals surface area (Å²) in [5.41, 5.74) is 0. The topological polar surface area (TPSA) is 58.6 Å². The van der Waals surface area contributed by atoms with E-state index in [0.717, 1.165) is 6.42 Å². The quantitative estimate of drug-likeness (QED) is 0.723. The van der Waals surface area contributed by atoms with E-state index in [4.69, 9.17) is 4.74 Å². The van der Waals surface area contributed by atoms with Crippen LogP contribution in [0.1, 0.15) is 52.9 Å². The number of fused-ring (bicyclic) bond motifs is 2. The van der Waals surface area contributed by atoms with Crippen LogP contribution in [0.15, 0.2) is 0 Å². The van der Waals surface area contributed by atoms with Crippen LogP contribution in [0.25, 0.3) is 0 Å². The molecule has 4 nitrogen and oxygen atoms in total. The molecule has 5 unspecified atom stereocenters. The summed E-state index contributed by atoms with van der Waals surface area (Å²) < 4.78 is 5.69. The molecule has 0 aliphatic heterocycles. The summed E-state index contributed by atoms with van der Waals surface area (Å²) in [6.45, 7) is 7.11. The van der Waals surface area contributed by atoms with E-state index < -0.39 is 0 Å². The molecule has 4 heteroatoms. The van der Waals surface area contributed by atoms with Crippen LogP contribution in [-0.4, -0.2) is 36.4 Å². The third-order valence-electron chi connectivity index (χ3n) is 5.16. The Bertz CT molecular complexity index is 345. The zero-order valence-electron chi connectivity index (χ0n) is 13.7. The molecule has 0 radical (unpaired) electrons. The van der Waals surface area contributed by atoms with Crippen molar-refractivity contribution in [3.63, 3.8) is 0 Å². The molecular weight excluding hydrogens is 266 g/mol. The molecule has 0 saturated heterocycles. The third-order valence-corrected chi connectivity index (χ3v) is 5.16. The Kier molecular flexibility index (Phi) is 6.06. The predicted molar refractivity (Wildman–Crippen MR) is 82.8 cm³/mol. The van der Waals surface area contributed by atoms with Crippen molar-refractivity contribution in [1.82, 2.24) is 5.32 Å². The van der Waals surface area contributed by atoms with Crippen molar-refractivity contribution in [2.45, 2.75) is 65.0 Å². The number of aliphatic hydroxyl groups excluding tert-OH is 1. The van der Waals surface area contributed by atoms with Crippen LogP contribution in [0.4, 0.5) is 0 Å². The highest BCUT2D eigenvalue weighted by atomic mass is 16.5. The minimum atomic E-state index is 0.0720. The van der Waals surface area contributed by atoms with Crippen molar-refractivity contribution < 1.29 is 14.6 Å². The zero-order valence-corrected chi connectivity index (χ0v) is 13.7. The molecule has 2 aliphatic rings. The SMILES string of the molecule is CC(C)CC(C)OCCC(=O)NC1C2CCC(C2)C1CO. The van der Waals surface area contributed by atoms with Gasteiger partial charge in [0.15, 0.2) is 0 Å². The highest BCUT2D eigenvalue weighted by Gasteiger charge is 2.47. The van der Waals surface area contributed by atoms with Crippen molar-refractivity contribution in [1.29, 1.82) is 0 Å². The summed E-state index contributed by atoms with van der Waals surface area (Å²) in [5, 5.41) is 12.7. The van der Waals surface area contributed by atoms with E-state index in [-0.39, 0.29) is 30.6 Å². The molecule has 1 amide bonds. The fraction of sp³-hybridized carbons (Fsp3) is 0.941. The Morgan fingerprint density at radius 1 is 1.29 bits per heavy atom. The molecule has 122 valence electrons. The van der Waals surface area contributed by atoms with Crippen molar-refractivity contribution in [3.05, 3.63) is 0 Å². The second-order valence-corrected chi connectivity index (χ2v) is 7.33. The smallest absolute Gasteiger partial charge is 0.222 e. The van der Waals surface area contributed by atoms with Gasteiger partial charge in [0.2, 0.25) is 5.91 Å². The van der Waals surface area contributed by atoms with Gasteiger partial charge in [-0.1, -0.05) is 13.8 Å². The molecule has 5 atom stereocenters. The number of nitrogens with one attached hydrogen (secondary N) is 1. The van der Waals surface area contributed by atoms with Crippen molar-refractivity contribution in [3.8, 4) is 0 Å². The largest absolute Gasteiger partial charge is 0.396 e. The summed E-state index contributed by atoms with van der Waals surface area (Å²) in [6, 6.07) is 0.189. The van der Waals surface area contributed by atoms with E-state index in [1.165, 1.54) is 19.3 Å². The number of aliphatic hydroxyl groups is 1. The van der Waals surface area contributed by atoms with Crippen LogP contribution in [0.3, 0.4) is 0 Å². The van der Waals surface area contributed by atoms with Crippen LogP contribution in [-0.2, 0) is 9.53 Å². The molecule has 21 heavy (non-hydrogen) atoms. The lowest BCUT2D eigenvalue weighted by Gasteiger charge is -2.30. The third kappa shape index (κ3) is 4.43. The first-order valence-electron chi connectivity index (χ1n) is 8.53. The Morgan fingerprint density at radius 2 is 2.00 bits per heavy atom. The number of hydrogen-bond donors (Lipinski definition) is 2. The molecule has 2 N–H and O–H groups in total. The van der Waals surface area contributed by atoms with Gasteiger partial charge < -0.3 is 15.2 Å². The Morgan fingerprint density at radius 3 is 2.67 bits per heavy atom. The Hall–Kier alpha value is -0.610. The first-order valence-corrected chi connectivity index (χ1v) is 8.53. The van der Waals surface area contributed by atoms with Crippen LogP contribution in [0.5, 0.6) is 0 Å². The lowest BCUT2D eigenvalue weighted by molar-refractivity contribution is -0.124. The van der Waals surface area contributed by atoms with E-state index in [1.54, 1.807) is 0 Å². The first kappa shape index (κ1) is 16.8. The molecule has 0 aromatic heterocycles. The summed E-state index contributed by atoms with van der Waals surface area (Å²) in [5.74, 6) is 2.16. The molecule has 0 heterocycles.